The van der Waals surface area contributed by atoms with Crippen molar-refractivity contribution < 1.29 is 4.79 Å². The standard InChI is InChI=1S/C13H16N2O/c1-14-7-3-2-4-10-5-6-12-11(8-10)9-13(16)15-12/h2,4-6,8,14H,3,7,9H2,1H3,(H,15,16). The van der Waals surface area contributed by atoms with Gasteiger partial charge in [-0.15, -0.1) is 0 Å². The summed E-state index contributed by atoms with van der Waals surface area (Å²) in [6.45, 7) is 0.988. The molecule has 2 rings (SSSR count). The lowest BCUT2D eigenvalue weighted by Gasteiger charge is -1.99. The molecule has 1 heterocycles. The van der Waals surface area contributed by atoms with Crippen LogP contribution in [0.15, 0.2) is 24.3 Å². The summed E-state index contributed by atoms with van der Waals surface area (Å²) in [5.41, 5.74) is 3.21. The van der Waals surface area contributed by atoms with E-state index in [-0.39, 0.29) is 5.91 Å². The third-order valence-corrected chi connectivity index (χ3v) is 2.63. The molecule has 0 fully saturated rings. The van der Waals surface area contributed by atoms with Crippen LogP contribution in [0.4, 0.5) is 5.69 Å². The Balaban J connectivity index is 2.05. The highest BCUT2D eigenvalue weighted by atomic mass is 16.1. The summed E-state index contributed by atoms with van der Waals surface area (Å²) in [6, 6.07) is 6.07. The van der Waals surface area contributed by atoms with Gasteiger partial charge in [0, 0.05) is 5.69 Å². The van der Waals surface area contributed by atoms with Gasteiger partial charge in [-0.25, -0.2) is 0 Å². The van der Waals surface area contributed by atoms with Crippen LogP contribution >= 0.6 is 0 Å². The minimum atomic E-state index is 0.0892. The Labute approximate surface area is 95.6 Å². The van der Waals surface area contributed by atoms with E-state index in [1.807, 2.05) is 19.2 Å². The van der Waals surface area contributed by atoms with Gasteiger partial charge in [-0.05, 0) is 43.3 Å². The van der Waals surface area contributed by atoms with Crippen molar-refractivity contribution in [3.8, 4) is 0 Å². The van der Waals surface area contributed by atoms with E-state index in [2.05, 4.69) is 28.9 Å². The highest BCUT2D eigenvalue weighted by Gasteiger charge is 2.16. The molecule has 2 N–H and O–H groups in total. The number of carbonyl (C=O) groups is 1. The second-order valence-electron chi connectivity index (χ2n) is 3.94. The first-order chi connectivity index (χ1) is 7.79. The number of fused-ring (bicyclic) bond motifs is 1. The molecule has 0 saturated carbocycles. The highest BCUT2D eigenvalue weighted by Crippen LogP contribution is 2.24. The smallest absolute Gasteiger partial charge is 0.228 e. The summed E-state index contributed by atoms with van der Waals surface area (Å²) >= 11 is 0. The predicted octanol–water partition coefficient (Wildman–Crippen LogP) is 1.80. The Morgan fingerprint density at radius 1 is 1.50 bits per heavy atom. The molecule has 0 aromatic heterocycles. The van der Waals surface area contributed by atoms with E-state index in [1.165, 1.54) is 0 Å². The maximum atomic E-state index is 11.2. The van der Waals surface area contributed by atoms with Crippen molar-refractivity contribution in [2.24, 2.45) is 0 Å². The number of hydrogen-bond donors (Lipinski definition) is 2. The normalized spacial score (nSPS) is 14.2. The predicted molar refractivity (Wildman–Crippen MR) is 66.4 cm³/mol. The van der Waals surface area contributed by atoms with Crippen LogP contribution in [0.2, 0.25) is 0 Å². The average molecular weight is 216 g/mol. The minimum absolute atomic E-state index is 0.0892. The van der Waals surface area contributed by atoms with Crippen molar-refractivity contribution >= 4 is 17.7 Å². The number of rotatable bonds is 4. The van der Waals surface area contributed by atoms with E-state index in [9.17, 15) is 4.79 Å². The molecule has 1 aliphatic heterocycles. The van der Waals surface area contributed by atoms with Crippen molar-refractivity contribution in [2.75, 3.05) is 18.9 Å². The number of anilines is 1. The summed E-state index contributed by atoms with van der Waals surface area (Å²) in [4.78, 5) is 11.2. The molecule has 0 aliphatic carbocycles. The van der Waals surface area contributed by atoms with Crippen molar-refractivity contribution in [2.45, 2.75) is 12.8 Å². The molecule has 3 nitrogen and oxygen atoms in total. The van der Waals surface area contributed by atoms with Gasteiger partial charge in [-0.2, -0.15) is 0 Å². The number of amides is 1. The molecule has 0 bridgehead atoms. The number of carbonyl (C=O) groups excluding carboxylic acids is 1. The first-order valence-electron chi connectivity index (χ1n) is 5.53. The van der Waals surface area contributed by atoms with Gasteiger partial charge in [-0.1, -0.05) is 18.2 Å². The molecule has 84 valence electrons. The van der Waals surface area contributed by atoms with Crippen LogP contribution in [0.1, 0.15) is 17.5 Å². The molecule has 1 aromatic carbocycles. The lowest BCUT2D eigenvalue weighted by Crippen LogP contribution is -2.05. The van der Waals surface area contributed by atoms with Crippen LogP contribution < -0.4 is 10.6 Å². The van der Waals surface area contributed by atoms with E-state index in [4.69, 9.17) is 0 Å². The maximum absolute atomic E-state index is 11.2. The summed E-state index contributed by atoms with van der Waals surface area (Å²) in [5.74, 6) is 0.0892. The number of nitrogens with one attached hydrogen (secondary N) is 2. The molecular weight excluding hydrogens is 200 g/mol. The fraction of sp³-hybridized carbons (Fsp3) is 0.308. The molecule has 0 unspecified atom stereocenters. The molecule has 1 aromatic rings. The molecule has 0 spiro atoms. The van der Waals surface area contributed by atoms with Gasteiger partial charge >= 0.3 is 0 Å². The molecule has 0 saturated heterocycles. The third kappa shape index (κ3) is 2.49. The van der Waals surface area contributed by atoms with Crippen LogP contribution in [-0.4, -0.2) is 19.5 Å². The fourth-order valence-electron chi connectivity index (χ4n) is 1.80. The third-order valence-electron chi connectivity index (χ3n) is 2.63. The van der Waals surface area contributed by atoms with E-state index in [0.717, 1.165) is 29.8 Å². The quantitative estimate of drug-likeness (QED) is 0.754. The summed E-state index contributed by atoms with van der Waals surface area (Å²) < 4.78 is 0. The van der Waals surface area contributed by atoms with Crippen LogP contribution in [-0.2, 0) is 11.2 Å². The average Bonchev–Trinajstić information content (AvgIpc) is 2.64. The van der Waals surface area contributed by atoms with Gasteiger partial charge in [0.05, 0.1) is 6.42 Å². The zero-order chi connectivity index (χ0) is 11.4. The molecule has 1 amide bonds. The minimum Gasteiger partial charge on any atom is -0.326 e. The fourth-order valence-corrected chi connectivity index (χ4v) is 1.80. The van der Waals surface area contributed by atoms with Gasteiger partial charge in [0.15, 0.2) is 0 Å². The Morgan fingerprint density at radius 3 is 3.19 bits per heavy atom. The number of hydrogen-bond acceptors (Lipinski definition) is 2. The van der Waals surface area contributed by atoms with E-state index in [1.54, 1.807) is 0 Å². The van der Waals surface area contributed by atoms with Crippen LogP contribution in [0, 0.1) is 0 Å². The first kappa shape index (κ1) is 10.9. The second kappa shape index (κ2) is 4.94. The molecule has 0 radical (unpaired) electrons. The molecule has 16 heavy (non-hydrogen) atoms. The Morgan fingerprint density at radius 2 is 2.38 bits per heavy atom. The zero-order valence-corrected chi connectivity index (χ0v) is 9.42. The van der Waals surface area contributed by atoms with Gasteiger partial charge in [0.25, 0.3) is 0 Å². The molecule has 0 atom stereocenters. The highest BCUT2D eigenvalue weighted by molar-refractivity contribution is 5.99. The molecular formula is C13H16N2O. The topological polar surface area (TPSA) is 41.1 Å². The summed E-state index contributed by atoms with van der Waals surface area (Å²) in [6.07, 6.45) is 5.77. The van der Waals surface area contributed by atoms with Crippen LogP contribution in [0.5, 0.6) is 0 Å². The molecule has 1 aliphatic rings. The van der Waals surface area contributed by atoms with E-state index in [0.29, 0.717) is 6.42 Å². The zero-order valence-electron chi connectivity index (χ0n) is 9.42. The Bertz CT molecular complexity index is 424. The number of benzene rings is 1. The van der Waals surface area contributed by atoms with Crippen molar-refractivity contribution in [3.63, 3.8) is 0 Å². The largest absolute Gasteiger partial charge is 0.326 e. The van der Waals surface area contributed by atoms with E-state index >= 15 is 0 Å². The van der Waals surface area contributed by atoms with Gasteiger partial charge in [0.2, 0.25) is 5.91 Å². The maximum Gasteiger partial charge on any atom is 0.228 e. The Hall–Kier alpha value is -1.61. The SMILES string of the molecule is CNCCC=Cc1ccc2c(c1)CC(=O)N2. The summed E-state index contributed by atoms with van der Waals surface area (Å²) in [7, 11) is 1.94. The molecule has 3 heteroatoms. The Kier molecular flexibility index (Phi) is 3.37. The van der Waals surface area contributed by atoms with Crippen molar-refractivity contribution in [1.82, 2.24) is 5.32 Å². The van der Waals surface area contributed by atoms with Gasteiger partial charge in [-0.3, -0.25) is 4.79 Å². The first-order valence-corrected chi connectivity index (χ1v) is 5.53. The van der Waals surface area contributed by atoms with Crippen molar-refractivity contribution in [3.05, 3.63) is 35.4 Å². The lowest BCUT2D eigenvalue weighted by molar-refractivity contribution is -0.115. The summed E-state index contributed by atoms with van der Waals surface area (Å²) in [5, 5.41) is 5.92. The van der Waals surface area contributed by atoms with E-state index < -0.39 is 0 Å². The van der Waals surface area contributed by atoms with Gasteiger partial charge in [0.1, 0.15) is 0 Å². The lowest BCUT2D eigenvalue weighted by atomic mass is 10.1. The van der Waals surface area contributed by atoms with Crippen LogP contribution in [0.3, 0.4) is 0 Å². The van der Waals surface area contributed by atoms with Gasteiger partial charge < -0.3 is 10.6 Å². The van der Waals surface area contributed by atoms with Crippen LogP contribution in [0.25, 0.3) is 6.08 Å². The monoisotopic (exact) mass is 216 g/mol. The second-order valence-corrected chi connectivity index (χ2v) is 3.94. The van der Waals surface area contributed by atoms with Crippen molar-refractivity contribution in [1.29, 1.82) is 0 Å².